The summed E-state index contributed by atoms with van der Waals surface area (Å²) in [4.78, 5) is 7.06. The van der Waals surface area contributed by atoms with E-state index in [1.807, 2.05) is 31.6 Å². The van der Waals surface area contributed by atoms with Crippen LogP contribution in [0.15, 0.2) is 61.1 Å². The number of aryl methyl sites for hydroxylation is 1. The lowest BCUT2D eigenvalue weighted by Crippen LogP contribution is -2.32. The molecule has 4 aromatic rings. The van der Waals surface area contributed by atoms with Crippen LogP contribution in [0.3, 0.4) is 0 Å². The topological polar surface area (TPSA) is 26.0 Å². The van der Waals surface area contributed by atoms with Crippen LogP contribution in [-0.4, -0.2) is 38.7 Å². The number of aromatic nitrogens is 3. The van der Waals surface area contributed by atoms with E-state index in [1.54, 1.807) is 0 Å². The lowest BCUT2D eigenvalue weighted by Gasteiger charge is -2.31. The van der Waals surface area contributed by atoms with E-state index >= 15 is 0 Å². The van der Waals surface area contributed by atoms with Crippen LogP contribution in [0.4, 0.5) is 4.39 Å². The van der Waals surface area contributed by atoms with E-state index in [4.69, 9.17) is 0 Å². The van der Waals surface area contributed by atoms with E-state index in [2.05, 4.69) is 50.3 Å². The average molecular weight is 403 g/mol. The first kappa shape index (κ1) is 19.1. The fraction of sp³-hybridized carbons (Fsp3) is 0.320. The summed E-state index contributed by atoms with van der Waals surface area (Å²) in [6, 6.07) is 13.3. The van der Waals surface area contributed by atoms with Gasteiger partial charge in [0.15, 0.2) is 0 Å². The minimum Gasteiger partial charge on any atom is -0.334 e. The molecule has 0 atom stereocenters. The number of benzene rings is 2. The van der Waals surface area contributed by atoms with Crippen molar-refractivity contribution >= 4 is 10.9 Å². The second-order valence-electron chi connectivity index (χ2n) is 8.23. The van der Waals surface area contributed by atoms with Crippen molar-refractivity contribution in [2.75, 3.05) is 19.6 Å². The first-order valence-electron chi connectivity index (χ1n) is 10.7. The van der Waals surface area contributed by atoms with E-state index in [0.29, 0.717) is 5.92 Å². The van der Waals surface area contributed by atoms with Gasteiger partial charge in [0.2, 0.25) is 0 Å². The largest absolute Gasteiger partial charge is 0.334 e. The lowest BCUT2D eigenvalue weighted by atomic mass is 9.89. The highest BCUT2D eigenvalue weighted by atomic mass is 19.1. The Morgan fingerprint density at radius 1 is 1.07 bits per heavy atom. The number of hydrogen-bond donors (Lipinski definition) is 0. The summed E-state index contributed by atoms with van der Waals surface area (Å²) in [5.41, 5.74) is 4.66. The molecule has 5 rings (SSSR count). The Hall–Kier alpha value is -2.92. The third kappa shape index (κ3) is 3.33. The number of rotatable bonds is 4. The Morgan fingerprint density at radius 3 is 2.50 bits per heavy atom. The molecule has 30 heavy (non-hydrogen) atoms. The van der Waals surface area contributed by atoms with Crippen LogP contribution in [0.2, 0.25) is 0 Å². The molecule has 3 heterocycles. The SMILES string of the molecule is CCN1CCC(c2cn(-c3ccc(F)cc3)c3ccc(-c4nccn4C)cc23)CC1. The molecule has 2 aromatic carbocycles. The maximum Gasteiger partial charge on any atom is 0.139 e. The van der Waals surface area contributed by atoms with Gasteiger partial charge in [0.1, 0.15) is 11.6 Å². The third-order valence-electron chi connectivity index (χ3n) is 6.49. The summed E-state index contributed by atoms with van der Waals surface area (Å²) in [5.74, 6) is 1.30. The van der Waals surface area contributed by atoms with Crippen LogP contribution in [0.25, 0.3) is 28.0 Å². The van der Waals surface area contributed by atoms with E-state index < -0.39 is 0 Å². The summed E-state index contributed by atoms with van der Waals surface area (Å²) in [6.45, 7) is 5.64. The van der Waals surface area contributed by atoms with Gasteiger partial charge in [0, 0.05) is 42.3 Å². The number of halogens is 1. The van der Waals surface area contributed by atoms with Gasteiger partial charge < -0.3 is 14.0 Å². The van der Waals surface area contributed by atoms with Crippen molar-refractivity contribution < 1.29 is 4.39 Å². The summed E-state index contributed by atoms with van der Waals surface area (Å²) >= 11 is 0. The van der Waals surface area contributed by atoms with E-state index in [9.17, 15) is 4.39 Å². The van der Waals surface area contributed by atoms with E-state index in [1.165, 1.54) is 35.9 Å². The second-order valence-corrected chi connectivity index (χ2v) is 8.23. The van der Waals surface area contributed by atoms with Crippen LogP contribution < -0.4 is 0 Å². The Labute approximate surface area is 176 Å². The molecule has 5 heteroatoms. The van der Waals surface area contributed by atoms with Crippen LogP contribution in [0.5, 0.6) is 0 Å². The minimum absolute atomic E-state index is 0.209. The van der Waals surface area contributed by atoms with Crippen molar-refractivity contribution in [2.45, 2.75) is 25.7 Å². The molecule has 1 fully saturated rings. The van der Waals surface area contributed by atoms with Crippen molar-refractivity contribution in [3.05, 3.63) is 72.4 Å². The van der Waals surface area contributed by atoms with Crippen LogP contribution in [-0.2, 0) is 7.05 Å². The van der Waals surface area contributed by atoms with Gasteiger partial charge in [-0.05, 0) is 86.4 Å². The highest BCUT2D eigenvalue weighted by Crippen LogP contribution is 2.37. The molecule has 0 saturated carbocycles. The van der Waals surface area contributed by atoms with Gasteiger partial charge in [-0.2, -0.15) is 0 Å². The molecule has 1 saturated heterocycles. The van der Waals surface area contributed by atoms with Gasteiger partial charge in [-0.25, -0.2) is 9.37 Å². The van der Waals surface area contributed by atoms with Crippen molar-refractivity contribution in [1.82, 2.24) is 19.0 Å². The maximum atomic E-state index is 13.5. The smallest absolute Gasteiger partial charge is 0.139 e. The number of fused-ring (bicyclic) bond motifs is 1. The number of piperidine rings is 1. The predicted molar refractivity (Wildman–Crippen MR) is 120 cm³/mol. The molecule has 0 amide bonds. The molecule has 0 radical (unpaired) electrons. The third-order valence-corrected chi connectivity index (χ3v) is 6.49. The Bertz CT molecular complexity index is 1160. The quantitative estimate of drug-likeness (QED) is 0.459. The average Bonchev–Trinajstić information content (AvgIpc) is 3.37. The first-order chi connectivity index (χ1) is 14.6. The molecule has 4 nitrogen and oxygen atoms in total. The monoisotopic (exact) mass is 402 g/mol. The van der Waals surface area contributed by atoms with E-state index in [-0.39, 0.29) is 5.82 Å². The number of likely N-dealkylation sites (tertiary alicyclic amines) is 1. The molecular formula is C25H27FN4. The first-order valence-corrected chi connectivity index (χ1v) is 10.7. The lowest BCUT2D eigenvalue weighted by molar-refractivity contribution is 0.223. The number of hydrogen-bond acceptors (Lipinski definition) is 2. The highest BCUT2D eigenvalue weighted by Gasteiger charge is 2.24. The predicted octanol–water partition coefficient (Wildman–Crippen LogP) is 5.37. The van der Waals surface area contributed by atoms with Crippen molar-refractivity contribution in [1.29, 1.82) is 0 Å². The molecule has 1 aliphatic heterocycles. The van der Waals surface area contributed by atoms with Gasteiger partial charge in [0.05, 0.1) is 5.52 Å². The summed E-state index contributed by atoms with van der Waals surface area (Å²) in [6.07, 6.45) is 8.42. The zero-order valence-electron chi connectivity index (χ0n) is 17.6. The molecule has 0 unspecified atom stereocenters. The molecule has 1 aliphatic rings. The van der Waals surface area contributed by atoms with Gasteiger partial charge in [0.25, 0.3) is 0 Å². The molecule has 0 N–H and O–H groups in total. The second kappa shape index (κ2) is 7.73. The van der Waals surface area contributed by atoms with Crippen molar-refractivity contribution in [3.63, 3.8) is 0 Å². The summed E-state index contributed by atoms with van der Waals surface area (Å²) in [5, 5.41) is 1.27. The zero-order chi connectivity index (χ0) is 20.7. The Balaban J connectivity index is 1.64. The fourth-order valence-corrected chi connectivity index (χ4v) is 4.74. The van der Waals surface area contributed by atoms with Crippen molar-refractivity contribution in [2.24, 2.45) is 7.05 Å². The molecular weight excluding hydrogens is 375 g/mol. The van der Waals surface area contributed by atoms with Crippen molar-refractivity contribution in [3.8, 4) is 17.1 Å². The van der Waals surface area contributed by atoms with Crippen LogP contribution in [0.1, 0.15) is 31.2 Å². The maximum absolute atomic E-state index is 13.5. The van der Waals surface area contributed by atoms with Crippen LogP contribution in [0, 0.1) is 5.82 Å². The Kier molecular flexibility index (Phi) is 4.91. The summed E-state index contributed by atoms with van der Waals surface area (Å²) < 4.78 is 17.8. The fourth-order valence-electron chi connectivity index (χ4n) is 4.74. The molecule has 0 spiro atoms. The molecule has 2 aromatic heterocycles. The van der Waals surface area contributed by atoms with Gasteiger partial charge in [-0.15, -0.1) is 0 Å². The van der Waals surface area contributed by atoms with Gasteiger partial charge >= 0.3 is 0 Å². The standard InChI is InChI=1S/C25H27FN4/c1-3-29-13-10-18(11-14-29)23-17-30(21-7-5-20(26)6-8-21)24-9-4-19(16-22(23)24)25-27-12-15-28(25)2/h4-9,12,15-18H,3,10-11,13-14H2,1-2H3. The zero-order valence-corrected chi connectivity index (χ0v) is 17.6. The Morgan fingerprint density at radius 2 is 1.83 bits per heavy atom. The molecule has 0 bridgehead atoms. The number of nitrogens with zero attached hydrogens (tertiary/aromatic N) is 4. The number of imidazole rings is 1. The van der Waals surface area contributed by atoms with Crippen LogP contribution >= 0.6 is 0 Å². The van der Waals surface area contributed by atoms with Gasteiger partial charge in [-0.3, -0.25) is 0 Å². The minimum atomic E-state index is -0.209. The summed E-state index contributed by atoms with van der Waals surface area (Å²) in [7, 11) is 2.03. The van der Waals surface area contributed by atoms with Gasteiger partial charge in [-0.1, -0.05) is 6.92 Å². The molecule has 154 valence electrons. The molecule has 0 aliphatic carbocycles. The van der Waals surface area contributed by atoms with E-state index in [0.717, 1.165) is 42.2 Å². The highest BCUT2D eigenvalue weighted by molar-refractivity contribution is 5.89. The normalized spacial score (nSPS) is 15.8.